The van der Waals surface area contributed by atoms with Crippen LogP contribution in [0.4, 0.5) is 0 Å². The molecule has 0 spiro atoms. The largest absolute Gasteiger partial charge is 0.456 e. The minimum Gasteiger partial charge on any atom is -0.456 e. The van der Waals surface area contributed by atoms with E-state index < -0.39 is 8.07 Å². The van der Waals surface area contributed by atoms with Crippen LogP contribution in [0.3, 0.4) is 0 Å². The number of rotatable bonds is 6. The van der Waals surface area contributed by atoms with Gasteiger partial charge < -0.3 is 4.42 Å². The third kappa shape index (κ3) is 4.63. The van der Waals surface area contributed by atoms with E-state index >= 15 is 0 Å². The maximum atomic E-state index is 6.34. The maximum absolute atomic E-state index is 6.34. The average Bonchev–Trinajstić information content (AvgIpc) is 3.96. The van der Waals surface area contributed by atoms with E-state index in [4.69, 9.17) is 14.4 Å². The number of pyridine rings is 2. The zero-order valence-corrected chi connectivity index (χ0v) is 32.3. The van der Waals surface area contributed by atoms with Gasteiger partial charge in [-0.05, 0) is 69.3 Å². The van der Waals surface area contributed by atoms with Crippen LogP contribution in [0.1, 0.15) is 0 Å². The standard InChI is InChI=1S/C52H34N4OSi/c1-3-15-35(16-4-1)58(36-17-5-2-6-18-36,37-27-31-49(53-33-37)55-43-23-11-7-19-39(43)40-20-8-12-24-44(40)55)38-28-32-50(54-34-38)56-45-25-13-9-21-41(45)51-46(56)29-30-48-52(51)42-22-10-14-26-47(42)57-48/h1-34H. The first-order valence-electron chi connectivity index (χ1n) is 19.7. The van der Waals surface area contributed by atoms with Crippen molar-refractivity contribution < 1.29 is 4.42 Å². The summed E-state index contributed by atoms with van der Waals surface area (Å²) in [5.74, 6) is 1.76. The Kier molecular flexibility index (Phi) is 7.18. The molecule has 5 nitrogen and oxygen atoms in total. The Bertz CT molecular complexity index is 3400. The molecule has 7 aromatic carbocycles. The summed E-state index contributed by atoms with van der Waals surface area (Å²) in [6.45, 7) is 0. The van der Waals surface area contributed by atoms with Gasteiger partial charge >= 0.3 is 0 Å². The third-order valence-electron chi connectivity index (χ3n) is 12.0. The Labute approximate surface area is 334 Å². The third-order valence-corrected chi connectivity index (χ3v) is 16.7. The van der Waals surface area contributed by atoms with Crippen molar-refractivity contribution in [3.63, 3.8) is 0 Å². The minimum atomic E-state index is -2.94. The molecule has 12 aromatic rings. The summed E-state index contributed by atoms with van der Waals surface area (Å²) in [7, 11) is -2.94. The molecule has 0 aliphatic heterocycles. The molecule has 58 heavy (non-hydrogen) atoms. The first kappa shape index (κ1) is 32.7. The molecule has 5 heterocycles. The molecule has 0 atom stereocenters. The second kappa shape index (κ2) is 12.7. The SMILES string of the molecule is c1ccc([Si](c2ccccc2)(c2ccc(-n3c4ccccc4c4ccccc43)nc2)c2ccc(-n3c4ccccc4c4c5c(ccc43)oc3ccccc35)nc2)cc1. The molecule has 0 aliphatic rings. The van der Waals surface area contributed by atoms with Gasteiger partial charge in [-0.2, -0.15) is 0 Å². The van der Waals surface area contributed by atoms with Gasteiger partial charge in [-0.15, -0.1) is 0 Å². The van der Waals surface area contributed by atoms with E-state index in [-0.39, 0.29) is 0 Å². The van der Waals surface area contributed by atoms with Gasteiger partial charge in [0.25, 0.3) is 0 Å². The molecular formula is C52H34N4OSi. The lowest BCUT2D eigenvalue weighted by Gasteiger charge is -2.34. The molecular weight excluding hydrogens is 725 g/mol. The molecule has 0 fully saturated rings. The lowest BCUT2D eigenvalue weighted by atomic mass is 10.1. The van der Waals surface area contributed by atoms with Crippen LogP contribution in [0.2, 0.25) is 0 Å². The Morgan fingerprint density at radius 2 is 0.793 bits per heavy atom. The summed E-state index contributed by atoms with van der Waals surface area (Å²) in [6, 6.07) is 69.3. The van der Waals surface area contributed by atoms with E-state index in [1.807, 2.05) is 12.1 Å². The number of fused-ring (bicyclic) bond motifs is 10. The zero-order chi connectivity index (χ0) is 38.2. The van der Waals surface area contributed by atoms with Gasteiger partial charge in [-0.25, -0.2) is 9.97 Å². The van der Waals surface area contributed by atoms with Crippen LogP contribution in [0.25, 0.3) is 77.2 Å². The maximum Gasteiger partial charge on any atom is 0.182 e. The van der Waals surface area contributed by atoms with E-state index in [2.05, 4.69) is 204 Å². The second-order valence-electron chi connectivity index (χ2n) is 14.9. The monoisotopic (exact) mass is 758 g/mol. The summed E-state index contributed by atoms with van der Waals surface area (Å²) < 4.78 is 10.9. The van der Waals surface area contributed by atoms with Crippen molar-refractivity contribution in [2.24, 2.45) is 0 Å². The van der Waals surface area contributed by atoms with Gasteiger partial charge in [0.15, 0.2) is 8.07 Å². The van der Waals surface area contributed by atoms with E-state index in [0.29, 0.717) is 0 Å². The van der Waals surface area contributed by atoms with E-state index in [1.54, 1.807) is 0 Å². The second-order valence-corrected chi connectivity index (χ2v) is 18.8. The van der Waals surface area contributed by atoms with Crippen LogP contribution >= 0.6 is 0 Å². The topological polar surface area (TPSA) is 48.8 Å². The quantitative estimate of drug-likeness (QED) is 0.159. The van der Waals surface area contributed by atoms with Crippen molar-refractivity contribution in [2.75, 3.05) is 0 Å². The van der Waals surface area contributed by atoms with Crippen LogP contribution in [-0.4, -0.2) is 27.2 Å². The Balaban J connectivity index is 1.07. The molecule has 0 unspecified atom stereocenters. The molecule has 0 saturated heterocycles. The molecule has 12 rings (SSSR count). The van der Waals surface area contributed by atoms with Gasteiger partial charge in [-0.3, -0.25) is 9.13 Å². The average molecular weight is 759 g/mol. The van der Waals surface area contributed by atoms with Crippen LogP contribution in [0, 0.1) is 0 Å². The number of para-hydroxylation sites is 4. The first-order chi connectivity index (χ1) is 28.8. The smallest absolute Gasteiger partial charge is 0.182 e. The van der Waals surface area contributed by atoms with Crippen molar-refractivity contribution in [1.29, 1.82) is 0 Å². The van der Waals surface area contributed by atoms with Gasteiger partial charge in [0.05, 0.1) is 22.1 Å². The molecule has 0 radical (unpaired) electrons. The predicted octanol–water partition coefficient (Wildman–Crippen LogP) is 9.95. The van der Waals surface area contributed by atoms with Crippen molar-refractivity contribution >= 4 is 94.4 Å². The number of hydrogen-bond acceptors (Lipinski definition) is 3. The summed E-state index contributed by atoms with van der Waals surface area (Å²) >= 11 is 0. The molecule has 0 amide bonds. The van der Waals surface area contributed by atoms with Crippen LogP contribution in [-0.2, 0) is 0 Å². The van der Waals surface area contributed by atoms with E-state index in [0.717, 1.165) is 55.6 Å². The highest BCUT2D eigenvalue weighted by Gasteiger charge is 2.42. The van der Waals surface area contributed by atoms with Gasteiger partial charge in [-0.1, -0.05) is 146 Å². The molecule has 272 valence electrons. The van der Waals surface area contributed by atoms with Crippen molar-refractivity contribution in [3.8, 4) is 11.6 Å². The lowest BCUT2D eigenvalue weighted by molar-refractivity contribution is 0.669. The fraction of sp³-hybridized carbons (Fsp3) is 0. The number of nitrogens with zero attached hydrogens (tertiary/aromatic N) is 4. The van der Waals surface area contributed by atoms with Gasteiger partial charge in [0, 0.05) is 44.7 Å². The highest BCUT2D eigenvalue weighted by atomic mass is 28.3. The number of benzene rings is 7. The summed E-state index contributed by atoms with van der Waals surface area (Å²) in [5.41, 5.74) is 6.27. The minimum absolute atomic E-state index is 0.867. The molecule has 5 aromatic heterocycles. The Morgan fingerprint density at radius 1 is 0.328 bits per heavy atom. The fourth-order valence-corrected chi connectivity index (χ4v) is 14.1. The van der Waals surface area contributed by atoms with Crippen LogP contribution in [0.5, 0.6) is 0 Å². The highest BCUT2D eigenvalue weighted by molar-refractivity contribution is 7.19. The zero-order valence-electron chi connectivity index (χ0n) is 31.3. The van der Waals surface area contributed by atoms with Crippen molar-refractivity contribution in [2.45, 2.75) is 0 Å². The van der Waals surface area contributed by atoms with E-state index in [9.17, 15) is 0 Å². The molecule has 0 aliphatic carbocycles. The van der Waals surface area contributed by atoms with Crippen LogP contribution in [0.15, 0.2) is 211 Å². The number of furan rings is 1. The predicted molar refractivity (Wildman–Crippen MR) is 242 cm³/mol. The fourth-order valence-electron chi connectivity index (χ4n) is 9.55. The first-order valence-corrected chi connectivity index (χ1v) is 21.7. The van der Waals surface area contributed by atoms with Crippen LogP contribution < -0.4 is 20.7 Å². The summed E-state index contributed by atoms with van der Waals surface area (Å²) in [4.78, 5) is 10.7. The normalized spacial score (nSPS) is 12.1. The van der Waals surface area contributed by atoms with Gasteiger partial charge in [0.1, 0.15) is 22.8 Å². The number of hydrogen-bond donors (Lipinski definition) is 0. The van der Waals surface area contributed by atoms with Crippen molar-refractivity contribution in [3.05, 3.63) is 207 Å². The van der Waals surface area contributed by atoms with E-state index in [1.165, 1.54) is 42.3 Å². The highest BCUT2D eigenvalue weighted by Crippen LogP contribution is 2.40. The Morgan fingerprint density at radius 3 is 1.34 bits per heavy atom. The van der Waals surface area contributed by atoms with Gasteiger partial charge in [0.2, 0.25) is 0 Å². The summed E-state index contributed by atoms with van der Waals surface area (Å²) in [5, 5.41) is 12.0. The lowest BCUT2D eigenvalue weighted by Crippen LogP contribution is -2.74. The number of aromatic nitrogens is 4. The molecule has 0 bridgehead atoms. The molecule has 0 saturated carbocycles. The Hall–Kier alpha value is -7.54. The molecule has 6 heteroatoms. The summed E-state index contributed by atoms with van der Waals surface area (Å²) in [6.07, 6.45) is 4.24. The molecule has 0 N–H and O–H groups in total. The van der Waals surface area contributed by atoms with Crippen molar-refractivity contribution in [1.82, 2.24) is 19.1 Å².